The number of ether oxygens (including phenoxy) is 1. The first kappa shape index (κ1) is 22.1. The fourth-order valence-corrected chi connectivity index (χ4v) is 4.23. The molecule has 0 saturated carbocycles. The van der Waals surface area contributed by atoms with Gasteiger partial charge in [0.15, 0.2) is 6.61 Å². The second-order valence-corrected chi connectivity index (χ2v) is 9.64. The third-order valence-electron chi connectivity index (χ3n) is 4.06. The number of carbonyl (C=O) groups is 2. The number of benzene rings is 1. The van der Waals surface area contributed by atoms with Crippen molar-refractivity contribution >= 4 is 38.9 Å². The Morgan fingerprint density at radius 3 is 2.18 bits per heavy atom. The van der Waals surface area contributed by atoms with Gasteiger partial charge >= 0.3 is 5.97 Å². The number of nitrogens with one attached hydrogen (secondary N) is 1. The lowest BCUT2D eigenvalue weighted by atomic mass is 9.92. The summed E-state index contributed by atoms with van der Waals surface area (Å²) in [5, 5.41) is 9.19. The third-order valence-corrected chi connectivity index (χ3v) is 6.45. The number of anilines is 1. The Kier molecular flexibility index (Phi) is 6.97. The Hall–Kier alpha value is -2.23. The fraction of sp³-hybridized carbons (Fsp3) is 0.368. The lowest BCUT2D eigenvalue weighted by Crippen LogP contribution is -2.22. The maximum atomic E-state index is 12.4. The van der Waals surface area contributed by atoms with Gasteiger partial charge in [-0.1, -0.05) is 45.9 Å². The number of esters is 1. The van der Waals surface area contributed by atoms with E-state index in [2.05, 4.69) is 5.32 Å². The number of amides is 1. The first-order chi connectivity index (χ1) is 13.0. The largest absolute Gasteiger partial charge is 0.452 e. The van der Waals surface area contributed by atoms with Crippen LogP contribution in [0.15, 0.2) is 33.9 Å². The molecule has 3 N–H and O–H groups in total. The Morgan fingerprint density at radius 1 is 1.14 bits per heavy atom. The number of carbonyl (C=O) groups excluding carboxylic acids is 2. The molecule has 28 heavy (non-hydrogen) atoms. The zero-order chi connectivity index (χ0) is 21.1. The van der Waals surface area contributed by atoms with E-state index in [0.717, 1.165) is 34.2 Å². The number of thiophene rings is 1. The number of rotatable bonds is 7. The van der Waals surface area contributed by atoms with Crippen molar-refractivity contribution in [2.45, 2.75) is 43.7 Å². The molecule has 0 aliphatic rings. The van der Waals surface area contributed by atoms with Gasteiger partial charge in [0.2, 0.25) is 10.0 Å². The molecule has 0 unspecified atom stereocenters. The lowest BCUT2D eigenvalue weighted by molar-refractivity contribution is -0.119. The summed E-state index contributed by atoms with van der Waals surface area (Å²) in [5.41, 5.74) is 2.77. The molecular formula is C19H24N2O5S2. The van der Waals surface area contributed by atoms with E-state index in [4.69, 9.17) is 9.88 Å². The molecule has 7 nitrogen and oxygen atoms in total. The first-order valence-corrected chi connectivity index (χ1v) is 11.1. The molecule has 0 aliphatic heterocycles. The van der Waals surface area contributed by atoms with Crippen molar-refractivity contribution < 1.29 is 22.7 Å². The zero-order valence-electron chi connectivity index (χ0n) is 16.2. The van der Waals surface area contributed by atoms with E-state index in [1.54, 1.807) is 0 Å². The van der Waals surface area contributed by atoms with Crippen LogP contribution in [0.1, 0.15) is 61.0 Å². The predicted octanol–water partition coefficient (Wildman–Crippen LogP) is 3.44. The molecule has 0 aliphatic carbocycles. The van der Waals surface area contributed by atoms with E-state index in [1.807, 2.05) is 45.9 Å². The molecule has 0 saturated heterocycles. The molecule has 9 heteroatoms. The maximum Gasteiger partial charge on any atom is 0.339 e. The van der Waals surface area contributed by atoms with Crippen LogP contribution in [0.25, 0.3) is 0 Å². The molecule has 0 bridgehead atoms. The van der Waals surface area contributed by atoms with Crippen molar-refractivity contribution in [3.05, 3.63) is 46.3 Å². The summed E-state index contributed by atoms with van der Waals surface area (Å²) in [6.45, 7) is 7.66. The van der Waals surface area contributed by atoms with Gasteiger partial charge in [0.1, 0.15) is 4.21 Å². The van der Waals surface area contributed by atoms with Crippen LogP contribution < -0.4 is 10.5 Å². The number of para-hydroxylation sites is 1. The fourth-order valence-electron chi connectivity index (χ4n) is 2.66. The number of hydrogen-bond donors (Lipinski definition) is 2. The molecule has 0 radical (unpaired) electrons. The predicted molar refractivity (Wildman–Crippen MR) is 109 cm³/mol. The van der Waals surface area contributed by atoms with Crippen molar-refractivity contribution in [2.24, 2.45) is 5.14 Å². The van der Waals surface area contributed by atoms with Crippen LogP contribution in [0.5, 0.6) is 0 Å². The molecule has 2 aromatic rings. The smallest absolute Gasteiger partial charge is 0.339 e. The highest BCUT2D eigenvalue weighted by Crippen LogP contribution is 2.32. The van der Waals surface area contributed by atoms with Gasteiger partial charge in [0.25, 0.3) is 5.91 Å². The normalized spacial score (nSPS) is 11.7. The maximum absolute atomic E-state index is 12.4. The highest BCUT2D eigenvalue weighted by molar-refractivity contribution is 7.91. The van der Waals surface area contributed by atoms with Crippen molar-refractivity contribution in [3.63, 3.8) is 0 Å². The Labute approximate surface area is 169 Å². The average Bonchev–Trinajstić information content (AvgIpc) is 3.10. The molecular weight excluding hydrogens is 400 g/mol. The van der Waals surface area contributed by atoms with Gasteiger partial charge in [-0.2, -0.15) is 0 Å². The molecule has 1 heterocycles. The van der Waals surface area contributed by atoms with Crippen molar-refractivity contribution in [1.29, 1.82) is 0 Å². The van der Waals surface area contributed by atoms with Gasteiger partial charge in [-0.3, -0.25) is 4.79 Å². The molecule has 1 aromatic carbocycles. The van der Waals surface area contributed by atoms with Crippen LogP contribution in [0.2, 0.25) is 0 Å². The summed E-state index contributed by atoms with van der Waals surface area (Å²) in [7, 11) is -3.88. The number of primary sulfonamides is 1. The molecule has 2 rings (SSSR count). The van der Waals surface area contributed by atoms with Crippen molar-refractivity contribution in [1.82, 2.24) is 0 Å². The van der Waals surface area contributed by atoms with Crippen molar-refractivity contribution in [3.8, 4) is 0 Å². The molecule has 1 aromatic heterocycles. The SMILES string of the molecule is CC(C)c1cccc(C(C)C)c1NC(=O)COC(=O)c1csc(S(N)(=O)=O)c1. The van der Waals surface area contributed by atoms with E-state index in [1.165, 1.54) is 5.38 Å². The number of hydrogen-bond acceptors (Lipinski definition) is 6. The summed E-state index contributed by atoms with van der Waals surface area (Å²) in [4.78, 5) is 24.4. The highest BCUT2D eigenvalue weighted by atomic mass is 32.2. The van der Waals surface area contributed by atoms with E-state index >= 15 is 0 Å². The van der Waals surface area contributed by atoms with E-state index in [0.29, 0.717) is 0 Å². The monoisotopic (exact) mass is 424 g/mol. The molecule has 1 amide bonds. The van der Waals surface area contributed by atoms with Crippen molar-refractivity contribution in [2.75, 3.05) is 11.9 Å². The second kappa shape index (κ2) is 8.85. The van der Waals surface area contributed by atoms with Gasteiger partial charge in [0.05, 0.1) is 5.56 Å². The van der Waals surface area contributed by atoms with E-state index in [-0.39, 0.29) is 21.6 Å². The minimum Gasteiger partial charge on any atom is -0.452 e. The topological polar surface area (TPSA) is 116 Å². The Morgan fingerprint density at radius 2 is 1.71 bits per heavy atom. The number of nitrogens with two attached hydrogens (primary N) is 1. The summed E-state index contributed by atoms with van der Waals surface area (Å²) in [6, 6.07) is 7.00. The summed E-state index contributed by atoms with van der Waals surface area (Å²) < 4.78 is 27.4. The standard InChI is InChI=1S/C19H24N2O5S2/c1-11(2)14-6-5-7-15(12(3)4)18(14)21-16(22)9-26-19(23)13-8-17(27-10-13)28(20,24)25/h5-8,10-12H,9H2,1-4H3,(H,21,22)(H2,20,24,25). The van der Waals surface area contributed by atoms with Crippen LogP contribution in [0, 0.1) is 0 Å². The third kappa shape index (κ3) is 5.40. The summed E-state index contributed by atoms with van der Waals surface area (Å²) in [5.74, 6) is -0.842. The van der Waals surface area contributed by atoms with E-state index in [9.17, 15) is 18.0 Å². The van der Waals surface area contributed by atoms with Gasteiger partial charge < -0.3 is 10.1 Å². The summed E-state index contributed by atoms with van der Waals surface area (Å²) in [6.07, 6.45) is 0. The Balaban J connectivity index is 2.09. The van der Waals surface area contributed by atoms with Gasteiger partial charge in [-0.25, -0.2) is 18.4 Å². The van der Waals surface area contributed by atoms with E-state index < -0.39 is 28.5 Å². The Bertz CT molecular complexity index is 952. The zero-order valence-corrected chi connectivity index (χ0v) is 17.8. The van der Waals surface area contributed by atoms with Crippen LogP contribution >= 0.6 is 11.3 Å². The van der Waals surface area contributed by atoms with Crippen LogP contribution in [0.3, 0.4) is 0 Å². The highest BCUT2D eigenvalue weighted by Gasteiger charge is 2.19. The summed E-state index contributed by atoms with van der Waals surface area (Å²) >= 11 is 0.818. The second-order valence-electron chi connectivity index (χ2n) is 6.94. The van der Waals surface area contributed by atoms with Crippen LogP contribution in [0.4, 0.5) is 5.69 Å². The lowest BCUT2D eigenvalue weighted by Gasteiger charge is -2.20. The van der Waals surface area contributed by atoms with Crippen LogP contribution in [-0.2, 0) is 19.6 Å². The minimum absolute atomic E-state index is 0.0345. The van der Waals surface area contributed by atoms with Gasteiger partial charge in [-0.15, -0.1) is 11.3 Å². The number of sulfonamides is 1. The molecule has 0 spiro atoms. The first-order valence-electron chi connectivity index (χ1n) is 8.71. The van der Waals surface area contributed by atoms with Crippen LogP contribution in [-0.4, -0.2) is 26.9 Å². The van der Waals surface area contributed by atoms with Gasteiger partial charge in [-0.05, 0) is 29.0 Å². The quantitative estimate of drug-likeness (QED) is 0.661. The minimum atomic E-state index is -3.88. The molecule has 0 atom stereocenters. The average molecular weight is 425 g/mol. The molecule has 152 valence electrons. The van der Waals surface area contributed by atoms with Gasteiger partial charge in [0, 0.05) is 11.1 Å². The molecule has 0 fully saturated rings.